The molecule has 0 aliphatic carbocycles. The van der Waals surface area contributed by atoms with E-state index in [9.17, 15) is 9.18 Å². The van der Waals surface area contributed by atoms with Crippen LogP contribution in [0.1, 0.15) is 38.7 Å². The molecule has 0 bridgehead atoms. The maximum absolute atomic E-state index is 13.2. The van der Waals surface area contributed by atoms with Crippen molar-refractivity contribution < 1.29 is 9.18 Å². The molecule has 0 radical (unpaired) electrons. The molecule has 1 aromatic rings. The molecular formula is C18H27FN2O. The average Bonchev–Trinajstić information content (AvgIpc) is 2.51. The van der Waals surface area contributed by atoms with Crippen LogP contribution < -0.4 is 5.32 Å². The van der Waals surface area contributed by atoms with Gasteiger partial charge in [-0.1, -0.05) is 12.1 Å². The fourth-order valence-electron chi connectivity index (χ4n) is 3.20. The Bertz CT molecular complexity index is 492. The van der Waals surface area contributed by atoms with Gasteiger partial charge in [0.05, 0.1) is 0 Å². The van der Waals surface area contributed by atoms with Crippen LogP contribution in [-0.4, -0.2) is 36.5 Å². The number of carbonyl (C=O) groups excluding carboxylic acids is 1. The first-order valence-corrected chi connectivity index (χ1v) is 8.27. The van der Waals surface area contributed by atoms with Crippen molar-refractivity contribution in [3.8, 4) is 0 Å². The Morgan fingerprint density at radius 3 is 3.05 bits per heavy atom. The van der Waals surface area contributed by atoms with Crippen molar-refractivity contribution in [2.24, 2.45) is 5.92 Å². The van der Waals surface area contributed by atoms with Crippen LogP contribution in [0.15, 0.2) is 24.3 Å². The van der Waals surface area contributed by atoms with Crippen LogP contribution >= 0.6 is 0 Å². The second kappa shape index (κ2) is 8.28. The van der Waals surface area contributed by atoms with Gasteiger partial charge < -0.3 is 10.2 Å². The molecule has 1 fully saturated rings. The number of amides is 1. The van der Waals surface area contributed by atoms with Crippen molar-refractivity contribution in [2.75, 3.05) is 19.6 Å². The third-order valence-electron chi connectivity index (χ3n) is 4.55. The van der Waals surface area contributed by atoms with Gasteiger partial charge in [-0.2, -0.15) is 0 Å². The minimum absolute atomic E-state index is 0.0521. The molecule has 22 heavy (non-hydrogen) atoms. The molecule has 3 nitrogen and oxygen atoms in total. The van der Waals surface area contributed by atoms with Gasteiger partial charge in [0.15, 0.2) is 0 Å². The maximum atomic E-state index is 13.2. The summed E-state index contributed by atoms with van der Waals surface area (Å²) in [6, 6.07) is 7.38. The van der Waals surface area contributed by atoms with Gasteiger partial charge in [0, 0.05) is 26.1 Å². The summed E-state index contributed by atoms with van der Waals surface area (Å²) in [6.45, 7) is 6.77. The van der Waals surface area contributed by atoms with E-state index in [-0.39, 0.29) is 11.7 Å². The van der Waals surface area contributed by atoms with Crippen molar-refractivity contribution in [3.05, 3.63) is 35.6 Å². The van der Waals surface area contributed by atoms with E-state index in [2.05, 4.69) is 17.1 Å². The Kier molecular flexibility index (Phi) is 6.37. The lowest BCUT2D eigenvalue weighted by atomic mass is 9.95. The summed E-state index contributed by atoms with van der Waals surface area (Å²) in [5, 5.41) is 2.93. The second-order valence-electron chi connectivity index (χ2n) is 6.46. The number of hydrogen-bond acceptors (Lipinski definition) is 2. The van der Waals surface area contributed by atoms with Crippen molar-refractivity contribution in [1.29, 1.82) is 0 Å². The molecule has 0 spiro atoms. The Labute approximate surface area is 132 Å². The molecule has 1 amide bonds. The maximum Gasteiger partial charge on any atom is 0.216 e. The van der Waals surface area contributed by atoms with Gasteiger partial charge in [-0.05, 0) is 62.8 Å². The van der Waals surface area contributed by atoms with Crippen LogP contribution in [0.5, 0.6) is 0 Å². The number of nitrogens with one attached hydrogen (secondary N) is 1. The first-order chi connectivity index (χ1) is 10.5. The Balaban J connectivity index is 1.78. The molecule has 0 saturated carbocycles. The highest BCUT2D eigenvalue weighted by atomic mass is 19.1. The highest BCUT2D eigenvalue weighted by Gasteiger charge is 2.23. The topological polar surface area (TPSA) is 32.3 Å². The van der Waals surface area contributed by atoms with Crippen LogP contribution in [0.4, 0.5) is 4.39 Å². The average molecular weight is 306 g/mol. The molecule has 0 aromatic heterocycles. The minimum Gasteiger partial charge on any atom is -0.356 e. The fourth-order valence-corrected chi connectivity index (χ4v) is 3.20. The summed E-state index contributed by atoms with van der Waals surface area (Å²) >= 11 is 0. The molecule has 0 unspecified atom stereocenters. The monoisotopic (exact) mass is 306 g/mol. The summed E-state index contributed by atoms with van der Waals surface area (Å²) in [5.41, 5.74) is 1.07. The van der Waals surface area contributed by atoms with Crippen molar-refractivity contribution in [3.63, 3.8) is 0 Å². The number of aryl methyl sites for hydroxylation is 1. The van der Waals surface area contributed by atoms with Gasteiger partial charge in [0.25, 0.3) is 0 Å². The van der Waals surface area contributed by atoms with Crippen LogP contribution in [0.25, 0.3) is 0 Å². The zero-order chi connectivity index (χ0) is 15.9. The zero-order valence-corrected chi connectivity index (χ0v) is 13.6. The fraction of sp³-hybridized carbons (Fsp3) is 0.611. The Morgan fingerprint density at radius 2 is 2.32 bits per heavy atom. The molecule has 4 heteroatoms. The van der Waals surface area contributed by atoms with Gasteiger partial charge in [-0.3, -0.25) is 4.79 Å². The summed E-state index contributed by atoms with van der Waals surface area (Å²) in [4.78, 5) is 13.5. The quantitative estimate of drug-likeness (QED) is 0.876. The largest absolute Gasteiger partial charge is 0.356 e. The summed E-state index contributed by atoms with van der Waals surface area (Å²) < 4.78 is 13.2. The van der Waals surface area contributed by atoms with E-state index in [1.165, 1.54) is 18.9 Å². The van der Waals surface area contributed by atoms with E-state index in [1.54, 1.807) is 19.1 Å². The zero-order valence-electron chi connectivity index (χ0n) is 13.6. The number of nitrogens with zero attached hydrogens (tertiary/aromatic N) is 1. The Morgan fingerprint density at radius 1 is 1.50 bits per heavy atom. The lowest BCUT2D eigenvalue weighted by Gasteiger charge is -2.37. The molecule has 1 saturated heterocycles. The van der Waals surface area contributed by atoms with Crippen molar-refractivity contribution >= 4 is 5.91 Å². The van der Waals surface area contributed by atoms with E-state index in [4.69, 9.17) is 0 Å². The molecular weight excluding hydrogens is 279 g/mol. The van der Waals surface area contributed by atoms with E-state index in [0.717, 1.165) is 38.0 Å². The molecule has 122 valence electrons. The number of benzene rings is 1. The van der Waals surface area contributed by atoms with Gasteiger partial charge in [0.1, 0.15) is 5.82 Å². The van der Waals surface area contributed by atoms with E-state index < -0.39 is 0 Å². The summed E-state index contributed by atoms with van der Waals surface area (Å²) in [6.07, 6.45) is 4.32. The molecule has 2 atom stereocenters. The lowest BCUT2D eigenvalue weighted by Crippen LogP contribution is -2.44. The Hall–Kier alpha value is -1.42. The number of likely N-dealkylation sites (tertiary alicyclic amines) is 1. The third kappa shape index (κ3) is 5.41. The number of hydrogen-bond donors (Lipinski definition) is 1. The predicted octanol–water partition coefficient (Wildman–Crippen LogP) is 2.99. The molecule has 1 aliphatic heterocycles. The lowest BCUT2D eigenvalue weighted by molar-refractivity contribution is -0.119. The molecule has 1 aromatic carbocycles. The van der Waals surface area contributed by atoms with E-state index in [1.807, 2.05) is 6.07 Å². The van der Waals surface area contributed by atoms with Crippen LogP contribution in [0.2, 0.25) is 0 Å². The predicted molar refractivity (Wildman–Crippen MR) is 87.2 cm³/mol. The molecule has 1 N–H and O–H groups in total. The van der Waals surface area contributed by atoms with E-state index >= 15 is 0 Å². The van der Waals surface area contributed by atoms with Gasteiger partial charge in [-0.15, -0.1) is 0 Å². The van der Waals surface area contributed by atoms with Crippen LogP contribution in [0.3, 0.4) is 0 Å². The number of rotatable bonds is 6. The molecule has 1 heterocycles. The highest BCUT2D eigenvalue weighted by Crippen LogP contribution is 2.20. The van der Waals surface area contributed by atoms with Gasteiger partial charge in [0.2, 0.25) is 5.91 Å². The summed E-state index contributed by atoms with van der Waals surface area (Å²) in [7, 11) is 0. The minimum atomic E-state index is -0.154. The molecule has 1 aliphatic rings. The van der Waals surface area contributed by atoms with Crippen LogP contribution in [-0.2, 0) is 11.2 Å². The highest BCUT2D eigenvalue weighted by molar-refractivity contribution is 5.72. The third-order valence-corrected chi connectivity index (χ3v) is 4.55. The van der Waals surface area contributed by atoms with Gasteiger partial charge >= 0.3 is 0 Å². The summed E-state index contributed by atoms with van der Waals surface area (Å²) in [5.74, 6) is 0.448. The molecule has 2 rings (SSSR count). The van der Waals surface area contributed by atoms with Crippen molar-refractivity contribution in [2.45, 2.75) is 45.6 Å². The number of halogens is 1. The van der Waals surface area contributed by atoms with E-state index in [0.29, 0.717) is 12.0 Å². The van der Waals surface area contributed by atoms with Gasteiger partial charge in [-0.25, -0.2) is 4.39 Å². The second-order valence-corrected chi connectivity index (χ2v) is 6.46. The number of piperidine rings is 1. The van der Waals surface area contributed by atoms with Crippen molar-refractivity contribution in [1.82, 2.24) is 10.2 Å². The SMILES string of the molecule is CC(=O)NC[C@@H]1CCCN([C@H](C)CCc2cccc(F)c2)C1. The normalized spacial score (nSPS) is 20.6. The standard InChI is InChI=1S/C18H27FN2O/c1-14(8-9-16-5-3-7-18(19)11-16)21-10-4-6-17(13-21)12-20-15(2)22/h3,5,7,11,14,17H,4,6,8-10,12-13H2,1-2H3,(H,20,22)/t14-,17+/m1/s1. The number of carbonyl (C=O) groups is 1. The first-order valence-electron chi connectivity index (χ1n) is 8.27. The smallest absolute Gasteiger partial charge is 0.216 e. The first kappa shape index (κ1) is 16.9. The van der Waals surface area contributed by atoms with Crippen LogP contribution in [0, 0.1) is 11.7 Å².